The van der Waals surface area contributed by atoms with E-state index in [4.69, 9.17) is 0 Å². The van der Waals surface area contributed by atoms with E-state index in [9.17, 15) is 14.4 Å². The molecule has 2 unspecified atom stereocenters. The Morgan fingerprint density at radius 2 is 1.66 bits per heavy atom. The average Bonchev–Trinajstić information content (AvgIpc) is 3.21. The van der Waals surface area contributed by atoms with Gasteiger partial charge in [-0.2, -0.15) is 0 Å². The molecule has 4 rings (SSSR count). The Morgan fingerprint density at radius 1 is 1.00 bits per heavy atom. The summed E-state index contributed by atoms with van der Waals surface area (Å²) in [4.78, 5) is 41.9. The number of rotatable bonds is 5. The fourth-order valence-electron chi connectivity index (χ4n) is 4.72. The number of aryl methyl sites for hydroxylation is 1. The molecule has 2 saturated heterocycles. The van der Waals surface area contributed by atoms with Gasteiger partial charge in [0.15, 0.2) is 0 Å². The number of likely N-dealkylation sites (tertiary alicyclic amines) is 2. The van der Waals surface area contributed by atoms with Crippen LogP contribution in [-0.2, 0) is 9.59 Å². The normalized spacial score (nSPS) is 20.3. The predicted octanol–water partition coefficient (Wildman–Crippen LogP) is 3.33. The topological polar surface area (TPSA) is 69.7 Å². The third kappa shape index (κ3) is 4.69. The van der Waals surface area contributed by atoms with Gasteiger partial charge in [0.2, 0.25) is 11.8 Å². The van der Waals surface area contributed by atoms with Crippen LogP contribution in [0, 0.1) is 12.8 Å². The van der Waals surface area contributed by atoms with Crippen molar-refractivity contribution in [1.29, 1.82) is 0 Å². The molecule has 168 valence electrons. The highest BCUT2D eigenvalue weighted by molar-refractivity contribution is 5.95. The number of amides is 3. The third-order valence-electron chi connectivity index (χ3n) is 6.78. The molecule has 2 aliphatic rings. The molecule has 3 amide bonds. The van der Waals surface area contributed by atoms with Gasteiger partial charge in [-0.05, 0) is 43.9 Å². The highest BCUT2D eigenvalue weighted by Gasteiger charge is 2.38. The van der Waals surface area contributed by atoms with E-state index in [1.54, 1.807) is 0 Å². The number of carbonyl (C=O) groups excluding carboxylic acids is 3. The maximum Gasteiger partial charge on any atom is 0.254 e. The lowest BCUT2D eigenvalue weighted by atomic mass is 10.0. The van der Waals surface area contributed by atoms with E-state index < -0.39 is 0 Å². The van der Waals surface area contributed by atoms with Crippen LogP contribution in [0.15, 0.2) is 54.6 Å². The molecule has 0 aliphatic carbocycles. The molecule has 2 aromatic rings. The second-order valence-corrected chi connectivity index (χ2v) is 8.92. The Balaban J connectivity index is 1.28. The van der Waals surface area contributed by atoms with Crippen LogP contribution in [0.1, 0.15) is 53.7 Å². The molecule has 32 heavy (non-hydrogen) atoms. The van der Waals surface area contributed by atoms with Crippen LogP contribution >= 0.6 is 0 Å². The van der Waals surface area contributed by atoms with Crippen LogP contribution < -0.4 is 5.32 Å². The molecule has 0 radical (unpaired) electrons. The van der Waals surface area contributed by atoms with Crippen molar-refractivity contribution in [1.82, 2.24) is 15.1 Å². The van der Waals surface area contributed by atoms with Gasteiger partial charge in [0.05, 0.1) is 12.0 Å². The summed E-state index contributed by atoms with van der Waals surface area (Å²) in [5.74, 6) is -0.287. The molecule has 0 saturated carbocycles. The molecule has 2 fully saturated rings. The summed E-state index contributed by atoms with van der Waals surface area (Å²) in [5, 5.41) is 3.14. The Labute approximate surface area is 189 Å². The number of benzene rings is 2. The highest BCUT2D eigenvalue weighted by atomic mass is 16.2. The van der Waals surface area contributed by atoms with Gasteiger partial charge >= 0.3 is 0 Å². The lowest BCUT2D eigenvalue weighted by molar-refractivity contribution is -0.130. The number of hydrogen-bond acceptors (Lipinski definition) is 3. The van der Waals surface area contributed by atoms with E-state index in [0.717, 1.165) is 29.5 Å². The number of piperidine rings is 1. The largest absolute Gasteiger partial charge is 0.353 e. The first-order valence-electron chi connectivity index (χ1n) is 11.4. The van der Waals surface area contributed by atoms with Gasteiger partial charge in [-0.1, -0.05) is 48.5 Å². The molecule has 2 aliphatic heterocycles. The van der Waals surface area contributed by atoms with Gasteiger partial charge in [-0.25, -0.2) is 0 Å². The molecule has 0 spiro atoms. The van der Waals surface area contributed by atoms with Crippen LogP contribution in [0.5, 0.6) is 0 Å². The SMILES string of the molecule is Cc1ccccc1C(=O)N1CCC(NC(=O)C2CC(=O)N(C(C)c3ccccc3)C2)CC1. The zero-order valence-corrected chi connectivity index (χ0v) is 18.8. The number of nitrogens with zero attached hydrogens (tertiary/aromatic N) is 2. The molecule has 2 heterocycles. The summed E-state index contributed by atoms with van der Waals surface area (Å²) in [6, 6.07) is 17.5. The number of carbonyl (C=O) groups is 3. The summed E-state index contributed by atoms with van der Waals surface area (Å²) in [6.45, 7) is 5.66. The maximum atomic E-state index is 12.9. The number of nitrogens with one attached hydrogen (secondary N) is 1. The number of hydrogen-bond donors (Lipinski definition) is 1. The monoisotopic (exact) mass is 433 g/mol. The van der Waals surface area contributed by atoms with Crippen LogP contribution in [0.2, 0.25) is 0 Å². The van der Waals surface area contributed by atoms with E-state index in [0.29, 0.717) is 19.6 Å². The van der Waals surface area contributed by atoms with Crippen LogP contribution in [-0.4, -0.2) is 53.2 Å². The van der Waals surface area contributed by atoms with Crippen LogP contribution in [0.4, 0.5) is 0 Å². The van der Waals surface area contributed by atoms with Crippen molar-refractivity contribution in [2.45, 2.75) is 45.2 Å². The second-order valence-electron chi connectivity index (χ2n) is 8.92. The maximum absolute atomic E-state index is 12.9. The fraction of sp³-hybridized carbons (Fsp3) is 0.423. The summed E-state index contributed by atoms with van der Waals surface area (Å²) in [5.41, 5.74) is 2.80. The van der Waals surface area contributed by atoms with Crippen LogP contribution in [0.3, 0.4) is 0 Å². The fourth-order valence-corrected chi connectivity index (χ4v) is 4.72. The summed E-state index contributed by atoms with van der Waals surface area (Å²) in [6.07, 6.45) is 1.72. The first-order chi connectivity index (χ1) is 15.4. The Kier molecular flexibility index (Phi) is 6.58. The lowest BCUT2D eigenvalue weighted by Crippen LogP contribution is -2.48. The van der Waals surface area contributed by atoms with Gasteiger partial charge in [0.25, 0.3) is 5.91 Å². The minimum atomic E-state index is -0.319. The molecule has 0 aromatic heterocycles. The van der Waals surface area contributed by atoms with Crippen molar-refractivity contribution in [3.63, 3.8) is 0 Å². The minimum absolute atomic E-state index is 0.0279. The van der Waals surface area contributed by atoms with Gasteiger partial charge in [0.1, 0.15) is 0 Å². The first kappa shape index (κ1) is 22.1. The molecule has 2 atom stereocenters. The van der Waals surface area contributed by atoms with E-state index in [1.165, 1.54) is 0 Å². The Bertz CT molecular complexity index is 983. The van der Waals surface area contributed by atoms with E-state index in [-0.39, 0.29) is 42.1 Å². The van der Waals surface area contributed by atoms with E-state index in [1.807, 2.05) is 78.2 Å². The lowest BCUT2D eigenvalue weighted by Gasteiger charge is -2.33. The highest BCUT2D eigenvalue weighted by Crippen LogP contribution is 2.29. The van der Waals surface area contributed by atoms with Crippen molar-refractivity contribution >= 4 is 17.7 Å². The summed E-state index contributed by atoms with van der Waals surface area (Å²) in [7, 11) is 0. The summed E-state index contributed by atoms with van der Waals surface area (Å²) >= 11 is 0. The third-order valence-corrected chi connectivity index (χ3v) is 6.78. The van der Waals surface area contributed by atoms with Crippen molar-refractivity contribution in [2.75, 3.05) is 19.6 Å². The quantitative estimate of drug-likeness (QED) is 0.786. The predicted molar refractivity (Wildman–Crippen MR) is 123 cm³/mol. The first-order valence-corrected chi connectivity index (χ1v) is 11.4. The molecule has 6 heteroatoms. The Hall–Kier alpha value is -3.15. The van der Waals surface area contributed by atoms with Crippen molar-refractivity contribution in [3.8, 4) is 0 Å². The molecule has 6 nitrogen and oxygen atoms in total. The van der Waals surface area contributed by atoms with Gasteiger partial charge < -0.3 is 15.1 Å². The van der Waals surface area contributed by atoms with Gasteiger partial charge in [-0.3, -0.25) is 14.4 Å². The molecular weight excluding hydrogens is 402 g/mol. The molecule has 0 bridgehead atoms. The van der Waals surface area contributed by atoms with E-state index in [2.05, 4.69) is 5.32 Å². The standard InChI is InChI=1S/C26H31N3O3/c1-18-8-6-7-11-23(18)26(32)28-14-12-22(13-15-28)27-25(31)21-16-24(30)29(17-21)19(2)20-9-4-3-5-10-20/h3-11,19,21-22H,12-17H2,1-2H3,(H,27,31). The zero-order valence-electron chi connectivity index (χ0n) is 18.8. The average molecular weight is 434 g/mol. The Morgan fingerprint density at radius 3 is 2.34 bits per heavy atom. The molecular formula is C26H31N3O3. The zero-order chi connectivity index (χ0) is 22.7. The van der Waals surface area contributed by atoms with Crippen molar-refractivity contribution in [2.24, 2.45) is 5.92 Å². The van der Waals surface area contributed by atoms with Crippen molar-refractivity contribution in [3.05, 3.63) is 71.3 Å². The van der Waals surface area contributed by atoms with Crippen LogP contribution in [0.25, 0.3) is 0 Å². The van der Waals surface area contributed by atoms with Gasteiger partial charge in [0, 0.05) is 37.7 Å². The minimum Gasteiger partial charge on any atom is -0.353 e. The molecule has 2 aromatic carbocycles. The van der Waals surface area contributed by atoms with Gasteiger partial charge in [-0.15, -0.1) is 0 Å². The second kappa shape index (κ2) is 9.55. The summed E-state index contributed by atoms with van der Waals surface area (Å²) < 4.78 is 0. The van der Waals surface area contributed by atoms with Crippen molar-refractivity contribution < 1.29 is 14.4 Å². The molecule has 1 N–H and O–H groups in total. The smallest absolute Gasteiger partial charge is 0.254 e. The van der Waals surface area contributed by atoms with E-state index >= 15 is 0 Å².